The zero-order valence-electron chi connectivity index (χ0n) is 16.7. The van der Waals surface area contributed by atoms with Crippen molar-refractivity contribution in [3.63, 3.8) is 0 Å². The highest BCUT2D eigenvalue weighted by Gasteiger charge is 2.15. The van der Waals surface area contributed by atoms with Gasteiger partial charge in [-0.1, -0.05) is 24.3 Å². The minimum Gasteiger partial charge on any atom is -0.494 e. The van der Waals surface area contributed by atoms with Crippen molar-refractivity contribution in [3.8, 4) is 16.9 Å². The molecule has 0 bridgehead atoms. The molecule has 2 aromatic carbocycles. The Hall–Kier alpha value is -3.45. The van der Waals surface area contributed by atoms with Gasteiger partial charge < -0.3 is 10.1 Å². The van der Waals surface area contributed by atoms with E-state index < -0.39 is 0 Å². The predicted octanol–water partition coefficient (Wildman–Crippen LogP) is 4.47. The summed E-state index contributed by atoms with van der Waals surface area (Å²) in [6, 6.07) is 15.1. The van der Waals surface area contributed by atoms with Gasteiger partial charge in [0.25, 0.3) is 5.56 Å². The first-order valence-corrected chi connectivity index (χ1v) is 10.5. The van der Waals surface area contributed by atoms with E-state index in [-0.39, 0.29) is 18.0 Å². The summed E-state index contributed by atoms with van der Waals surface area (Å²) in [5.41, 5.74) is 3.23. The maximum Gasteiger partial charge on any atom is 0.263 e. The first kappa shape index (κ1) is 19.8. The van der Waals surface area contributed by atoms with Crippen molar-refractivity contribution in [3.05, 3.63) is 76.2 Å². The average Bonchev–Trinajstić information content (AvgIpc) is 3.16. The van der Waals surface area contributed by atoms with Crippen molar-refractivity contribution in [2.45, 2.75) is 20.4 Å². The van der Waals surface area contributed by atoms with Crippen LogP contribution < -0.4 is 15.6 Å². The Morgan fingerprint density at radius 2 is 2.00 bits per heavy atom. The summed E-state index contributed by atoms with van der Waals surface area (Å²) in [5, 5.41) is 5.27. The third-order valence-corrected chi connectivity index (χ3v) is 5.54. The van der Waals surface area contributed by atoms with Gasteiger partial charge in [-0.25, -0.2) is 4.98 Å². The lowest BCUT2D eigenvalue weighted by Gasteiger charge is -2.08. The fourth-order valence-corrected chi connectivity index (χ4v) is 4.17. The van der Waals surface area contributed by atoms with Gasteiger partial charge in [0, 0.05) is 16.6 Å². The van der Waals surface area contributed by atoms with Crippen molar-refractivity contribution in [2.24, 2.45) is 0 Å². The Bertz CT molecular complexity index is 1260. The second-order valence-corrected chi connectivity index (χ2v) is 7.74. The zero-order chi connectivity index (χ0) is 21.1. The van der Waals surface area contributed by atoms with Gasteiger partial charge in [0.1, 0.15) is 17.1 Å². The standard InChI is InChI=1S/C23H21N3O3S/c1-3-29-18-9-7-16(8-10-18)19-13-30-22-21(19)23(28)26(14-24-22)12-20(27)25-17-6-4-5-15(2)11-17/h4-11,13-14H,3,12H2,1-2H3,(H,25,27). The molecule has 0 aliphatic heterocycles. The third kappa shape index (κ3) is 4.11. The van der Waals surface area contributed by atoms with Gasteiger partial charge in [-0.05, 0) is 49.2 Å². The van der Waals surface area contributed by atoms with Gasteiger partial charge in [-0.3, -0.25) is 14.2 Å². The number of anilines is 1. The second-order valence-electron chi connectivity index (χ2n) is 6.88. The van der Waals surface area contributed by atoms with E-state index in [2.05, 4.69) is 10.3 Å². The molecule has 2 heterocycles. The molecule has 4 aromatic rings. The number of rotatable bonds is 6. The van der Waals surface area contributed by atoms with Crippen molar-refractivity contribution in [1.29, 1.82) is 0 Å². The Labute approximate surface area is 177 Å². The van der Waals surface area contributed by atoms with E-state index in [1.807, 2.05) is 67.8 Å². The number of carbonyl (C=O) groups excluding carboxylic acids is 1. The average molecular weight is 420 g/mol. The lowest BCUT2D eigenvalue weighted by atomic mass is 10.1. The number of fused-ring (bicyclic) bond motifs is 1. The smallest absolute Gasteiger partial charge is 0.263 e. The van der Waals surface area contributed by atoms with E-state index in [0.29, 0.717) is 22.5 Å². The number of thiophene rings is 1. The Kier molecular flexibility index (Phi) is 5.63. The summed E-state index contributed by atoms with van der Waals surface area (Å²) in [5.74, 6) is 0.505. The Morgan fingerprint density at radius 3 is 2.73 bits per heavy atom. The molecule has 30 heavy (non-hydrogen) atoms. The fourth-order valence-electron chi connectivity index (χ4n) is 3.27. The highest BCUT2D eigenvalue weighted by atomic mass is 32.1. The summed E-state index contributed by atoms with van der Waals surface area (Å²) in [6.07, 6.45) is 1.43. The molecule has 0 unspecified atom stereocenters. The van der Waals surface area contributed by atoms with Gasteiger partial charge in [0.15, 0.2) is 0 Å². The van der Waals surface area contributed by atoms with Crippen LogP contribution in [0.3, 0.4) is 0 Å². The second kappa shape index (κ2) is 8.51. The van der Waals surface area contributed by atoms with Gasteiger partial charge >= 0.3 is 0 Å². The van der Waals surface area contributed by atoms with Gasteiger partial charge in [-0.15, -0.1) is 11.3 Å². The maximum atomic E-state index is 13.1. The molecule has 0 atom stereocenters. The van der Waals surface area contributed by atoms with Gasteiger partial charge in [-0.2, -0.15) is 0 Å². The number of aromatic nitrogens is 2. The van der Waals surface area contributed by atoms with Crippen LogP contribution in [0.5, 0.6) is 5.75 Å². The minimum atomic E-state index is -0.276. The molecule has 2 aromatic heterocycles. The largest absolute Gasteiger partial charge is 0.494 e. The van der Waals surface area contributed by atoms with Crippen LogP contribution in [0.25, 0.3) is 21.3 Å². The number of carbonyl (C=O) groups is 1. The molecule has 4 rings (SSSR count). The van der Waals surface area contributed by atoms with E-state index in [1.165, 1.54) is 22.2 Å². The molecule has 7 heteroatoms. The van der Waals surface area contributed by atoms with Crippen LogP contribution in [0.2, 0.25) is 0 Å². The monoisotopic (exact) mass is 419 g/mol. The number of hydrogen-bond acceptors (Lipinski definition) is 5. The summed E-state index contributed by atoms with van der Waals surface area (Å²) in [7, 11) is 0. The van der Waals surface area contributed by atoms with E-state index in [9.17, 15) is 9.59 Å². The van der Waals surface area contributed by atoms with E-state index in [4.69, 9.17) is 4.74 Å². The molecule has 1 N–H and O–H groups in total. The normalized spacial score (nSPS) is 10.9. The molecule has 0 fully saturated rings. The molecular weight excluding hydrogens is 398 g/mol. The van der Waals surface area contributed by atoms with Crippen LogP contribution in [0.15, 0.2) is 65.0 Å². The van der Waals surface area contributed by atoms with Crippen LogP contribution in [0.4, 0.5) is 5.69 Å². The molecule has 152 valence electrons. The van der Waals surface area contributed by atoms with Crippen LogP contribution in [-0.2, 0) is 11.3 Å². The topological polar surface area (TPSA) is 73.2 Å². The molecule has 0 aliphatic rings. The predicted molar refractivity (Wildman–Crippen MR) is 120 cm³/mol. The van der Waals surface area contributed by atoms with Crippen LogP contribution in [0.1, 0.15) is 12.5 Å². The SMILES string of the molecule is CCOc1ccc(-c2csc3ncn(CC(=O)Nc4cccc(C)c4)c(=O)c23)cc1. The fraction of sp³-hybridized carbons (Fsp3) is 0.174. The Balaban J connectivity index is 1.62. The third-order valence-electron chi connectivity index (χ3n) is 4.65. The van der Waals surface area contributed by atoms with Crippen LogP contribution in [-0.4, -0.2) is 22.1 Å². The summed E-state index contributed by atoms with van der Waals surface area (Å²) in [4.78, 5) is 30.6. The highest BCUT2D eigenvalue weighted by Crippen LogP contribution is 2.31. The van der Waals surface area contributed by atoms with Crippen LogP contribution >= 0.6 is 11.3 Å². The molecule has 0 saturated heterocycles. The number of nitrogens with one attached hydrogen (secondary N) is 1. The van der Waals surface area contributed by atoms with E-state index >= 15 is 0 Å². The van der Waals surface area contributed by atoms with Gasteiger partial charge in [0.05, 0.1) is 18.3 Å². The number of nitrogens with zero attached hydrogens (tertiary/aromatic N) is 2. The van der Waals surface area contributed by atoms with Gasteiger partial charge in [0.2, 0.25) is 5.91 Å². The number of benzene rings is 2. The Morgan fingerprint density at radius 1 is 1.20 bits per heavy atom. The molecule has 0 aliphatic carbocycles. The first-order chi connectivity index (χ1) is 14.5. The quantitative estimate of drug-likeness (QED) is 0.500. The highest BCUT2D eigenvalue weighted by molar-refractivity contribution is 7.17. The van der Waals surface area contributed by atoms with Crippen molar-refractivity contribution in [2.75, 3.05) is 11.9 Å². The molecule has 0 radical (unpaired) electrons. The van der Waals surface area contributed by atoms with Crippen molar-refractivity contribution >= 4 is 33.1 Å². The van der Waals surface area contributed by atoms with Crippen molar-refractivity contribution < 1.29 is 9.53 Å². The number of ether oxygens (including phenoxy) is 1. The molecule has 0 saturated carbocycles. The van der Waals surface area contributed by atoms with E-state index in [1.54, 1.807) is 0 Å². The molecular formula is C23H21N3O3S. The summed E-state index contributed by atoms with van der Waals surface area (Å²) >= 11 is 1.41. The molecule has 6 nitrogen and oxygen atoms in total. The lowest BCUT2D eigenvalue weighted by molar-refractivity contribution is -0.116. The van der Waals surface area contributed by atoms with E-state index in [0.717, 1.165) is 22.4 Å². The number of hydrogen-bond donors (Lipinski definition) is 1. The molecule has 1 amide bonds. The maximum absolute atomic E-state index is 13.1. The zero-order valence-corrected chi connectivity index (χ0v) is 17.5. The lowest BCUT2D eigenvalue weighted by Crippen LogP contribution is -2.27. The molecule has 0 spiro atoms. The number of aryl methyl sites for hydroxylation is 1. The van der Waals surface area contributed by atoms with Crippen LogP contribution in [0, 0.1) is 6.92 Å². The first-order valence-electron chi connectivity index (χ1n) is 9.61. The summed E-state index contributed by atoms with van der Waals surface area (Å²) < 4.78 is 6.83. The number of amides is 1. The summed E-state index contributed by atoms with van der Waals surface area (Å²) in [6.45, 7) is 4.38. The minimum absolute atomic E-state index is 0.103. The van der Waals surface area contributed by atoms with Crippen molar-refractivity contribution in [1.82, 2.24) is 9.55 Å².